The summed E-state index contributed by atoms with van der Waals surface area (Å²) in [7, 11) is 0. The van der Waals surface area contributed by atoms with Crippen LogP contribution in [-0.2, 0) is 4.79 Å². The van der Waals surface area contributed by atoms with Gasteiger partial charge in [-0.25, -0.2) is 4.39 Å². The van der Waals surface area contributed by atoms with E-state index < -0.39 is 17.7 Å². The summed E-state index contributed by atoms with van der Waals surface area (Å²) in [5, 5.41) is 2.70. The molecular weight excluding hydrogens is 311 g/mol. The molecule has 0 radical (unpaired) electrons. The molecule has 1 aliphatic rings. The molecule has 0 bridgehead atoms. The number of benzene rings is 2. The Morgan fingerprint density at radius 2 is 1.58 bits per heavy atom. The van der Waals surface area contributed by atoms with Crippen molar-refractivity contribution in [2.24, 2.45) is 0 Å². The Labute approximate surface area is 138 Å². The fraction of sp³-hybridized carbons (Fsp3) is 0.167. The molecule has 2 aromatic carbocycles. The molecule has 0 saturated carbocycles. The van der Waals surface area contributed by atoms with Gasteiger partial charge in [-0.2, -0.15) is 0 Å². The van der Waals surface area contributed by atoms with E-state index >= 15 is 0 Å². The molecule has 6 heteroatoms. The number of hydrogen-bond donors (Lipinski definition) is 1. The summed E-state index contributed by atoms with van der Waals surface area (Å²) in [6.45, 7) is 1.39. The molecular formula is C18H15FN2O3. The van der Waals surface area contributed by atoms with Crippen LogP contribution in [0, 0.1) is 5.82 Å². The minimum absolute atomic E-state index is 0.307. The van der Waals surface area contributed by atoms with Gasteiger partial charge >= 0.3 is 0 Å². The predicted octanol–water partition coefficient (Wildman–Crippen LogP) is 2.30. The molecule has 1 aliphatic heterocycles. The number of halogens is 1. The third kappa shape index (κ3) is 2.90. The Balaban J connectivity index is 1.66. The number of imide groups is 1. The normalized spacial score (nSPS) is 14.5. The third-order valence-electron chi connectivity index (χ3n) is 3.93. The summed E-state index contributed by atoms with van der Waals surface area (Å²) in [6.07, 6.45) is 0. The average molecular weight is 326 g/mol. The van der Waals surface area contributed by atoms with E-state index in [4.69, 9.17) is 0 Å². The van der Waals surface area contributed by atoms with Crippen LogP contribution in [0.25, 0.3) is 0 Å². The van der Waals surface area contributed by atoms with Gasteiger partial charge in [0.1, 0.15) is 12.4 Å². The fourth-order valence-electron chi connectivity index (χ4n) is 2.65. The quantitative estimate of drug-likeness (QED) is 0.877. The highest BCUT2D eigenvalue weighted by Gasteiger charge is 2.36. The molecule has 1 heterocycles. The van der Waals surface area contributed by atoms with Crippen molar-refractivity contribution >= 4 is 17.7 Å². The second-order valence-electron chi connectivity index (χ2n) is 5.58. The Morgan fingerprint density at radius 3 is 2.12 bits per heavy atom. The van der Waals surface area contributed by atoms with Crippen molar-refractivity contribution in [3.63, 3.8) is 0 Å². The van der Waals surface area contributed by atoms with Crippen molar-refractivity contribution in [2.45, 2.75) is 13.0 Å². The van der Waals surface area contributed by atoms with E-state index in [0.717, 1.165) is 10.5 Å². The zero-order valence-electron chi connectivity index (χ0n) is 13.0. The van der Waals surface area contributed by atoms with Gasteiger partial charge in [0, 0.05) is 0 Å². The van der Waals surface area contributed by atoms with E-state index in [1.165, 1.54) is 12.1 Å². The van der Waals surface area contributed by atoms with E-state index in [1.54, 1.807) is 43.3 Å². The second-order valence-corrected chi connectivity index (χ2v) is 5.58. The monoisotopic (exact) mass is 326 g/mol. The molecule has 2 aromatic rings. The average Bonchev–Trinajstić information content (AvgIpc) is 2.81. The first-order chi connectivity index (χ1) is 11.5. The SMILES string of the molecule is C[C@H](NC(=O)CN1C(=O)c2ccccc2C1=O)c1ccc(F)cc1. The van der Waals surface area contributed by atoms with Crippen LogP contribution in [0.15, 0.2) is 48.5 Å². The molecule has 5 nitrogen and oxygen atoms in total. The highest BCUT2D eigenvalue weighted by Crippen LogP contribution is 2.22. The van der Waals surface area contributed by atoms with Gasteiger partial charge in [0.15, 0.2) is 0 Å². The van der Waals surface area contributed by atoms with Crippen molar-refractivity contribution < 1.29 is 18.8 Å². The van der Waals surface area contributed by atoms with Gasteiger partial charge in [-0.1, -0.05) is 24.3 Å². The molecule has 24 heavy (non-hydrogen) atoms. The van der Waals surface area contributed by atoms with Crippen molar-refractivity contribution in [2.75, 3.05) is 6.54 Å². The van der Waals surface area contributed by atoms with Gasteiger partial charge in [0.25, 0.3) is 11.8 Å². The van der Waals surface area contributed by atoms with E-state index in [9.17, 15) is 18.8 Å². The zero-order valence-corrected chi connectivity index (χ0v) is 13.0. The fourth-order valence-corrected chi connectivity index (χ4v) is 2.65. The van der Waals surface area contributed by atoms with Crippen LogP contribution in [-0.4, -0.2) is 29.2 Å². The number of nitrogens with zero attached hydrogens (tertiary/aromatic N) is 1. The maximum Gasteiger partial charge on any atom is 0.262 e. The summed E-state index contributed by atoms with van der Waals surface area (Å²) >= 11 is 0. The summed E-state index contributed by atoms with van der Waals surface area (Å²) in [5.41, 5.74) is 1.34. The zero-order chi connectivity index (χ0) is 17.3. The molecule has 1 atom stereocenters. The van der Waals surface area contributed by atoms with Crippen LogP contribution in [0.2, 0.25) is 0 Å². The van der Waals surface area contributed by atoms with Crippen molar-refractivity contribution in [1.29, 1.82) is 0 Å². The second kappa shape index (κ2) is 6.23. The summed E-state index contributed by atoms with van der Waals surface area (Å²) in [6, 6.07) is 11.9. The summed E-state index contributed by atoms with van der Waals surface area (Å²) in [5.74, 6) is -1.76. The molecule has 0 aromatic heterocycles. The van der Waals surface area contributed by atoms with Crippen LogP contribution in [0.3, 0.4) is 0 Å². The minimum atomic E-state index is -0.472. The van der Waals surface area contributed by atoms with Crippen LogP contribution >= 0.6 is 0 Å². The number of carbonyl (C=O) groups is 3. The Bertz CT molecular complexity index is 782. The predicted molar refractivity (Wildman–Crippen MR) is 84.8 cm³/mol. The van der Waals surface area contributed by atoms with Gasteiger partial charge in [0.2, 0.25) is 5.91 Å². The van der Waals surface area contributed by atoms with Crippen LogP contribution < -0.4 is 5.32 Å². The first-order valence-corrected chi connectivity index (χ1v) is 7.47. The lowest BCUT2D eigenvalue weighted by Gasteiger charge is -2.17. The van der Waals surface area contributed by atoms with Gasteiger partial charge in [-0.05, 0) is 36.8 Å². The van der Waals surface area contributed by atoms with Gasteiger partial charge < -0.3 is 5.32 Å². The van der Waals surface area contributed by atoms with Gasteiger partial charge in [-0.15, -0.1) is 0 Å². The van der Waals surface area contributed by atoms with E-state index in [-0.39, 0.29) is 18.4 Å². The first kappa shape index (κ1) is 15.9. The number of hydrogen-bond acceptors (Lipinski definition) is 3. The number of rotatable bonds is 4. The van der Waals surface area contributed by atoms with Crippen molar-refractivity contribution in [3.05, 3.63) is 71.0 Å². The molecule has 1 N–H and O–H groups in total. The maximum absolute atomic E-state index is 12.9. The summed E-state index contributed by atoms with van der Waals surface area (Å²) in [4.78, 5) is 37.5. The van der Waals surface area contributed by atoms with E-state index in [0.29, 0.717) is 11.1 Å². The van der Waals surface area contributed by atoms with Crippen LogP contribution in [0.4, 0.5) is 4.39 Å². The molecule has 0 unspecified atom stereocenters. The molecule has 122 valence electrons. The summed E-state index contributed by atoms with van der Waals surface area (Å²) < 4.78 is 12.9. The lowest BCUT2D eigenvalue weighted by molar-refractivity contribution is -0.122. The lowest BCUT2D eigenvalue weighted by Crippen LogP contribution is -2.41. The Morgan fingerprint density at radius 1 is 1.04 bits per heavy atom. The molecule has 3 amide bonds. The number of fused-ring (bicyclic) bond motifs is 1. The maximum atomic E-state index is 12.9. The van der Waals surface area contributed by atoms with Crippen LogP contribution in [0.5, 0.6) is 0 Å². The standard InChI is InChI=1S/C18H15FN2O3/c1-11(12-6-8-13(19)9-7-12)20-16(22)10-21-17(23)14-4-2-3-5-15(14)18(21)24/h2-9,11H,10H2,1H3,(H,20,22)/t11-/m0/s1. The smallest absolute Gasteiger partial charge is 0.262 e. The van der Waals surface area contributed by atoms with Crippen molar-refractivity contribution in [3.8, 4) is 0 Å². The lowest BCUT2D eigenvalue weighted by atomic mass is 10.1. The Hall–Kier alpha value is -3.02. The van der Waals surface area contributed by atoms with Gasteiger partial charge in [0.05, 0.1) is 17.2 Å². The van der Waals surface area contributed by atoms with E-state index in [1.807, 2.05) is 0 Å². The van der Waals surface area contributed by atoms with Crippen LogP contribution in [0.1, 0.15) is 39.2 Å². The molecule has 0 spiro atoms. The number of nitrogens with one attached hydrogen (secondary N) is 1. The Kier molecular flexibility index (Phi) is 4.12. The van der Waals surface area contributed by atoms with Crippen molar-refractivity contribution in [1.82, 2.24) is 10.2 Å². The molecule has 0 aliphatic carbocycles. The largest absolute Gasteiger partial charge is 0.348 e. The number of carbonyl (C=O) groups excluding carboxylic acids is 3. The molecule has 3 rings (SSSR count). The number of amides is 3. The third-order valence-corrected chi connectivity index (χ3v) is 3.93. The van der Waals surface area contributed by atoms with E-state index in [2.05, 4.69) is 5.32 Å². The minimum Gasteiger partial charge on any atom is -0.348 e. The molecule has 0 saturated heterocycles. The highest BCUT2D eigenvalue weighted by atomic mass is 19.1. The topological polar surface area (TPSA) is 66.5 Å². The van der Waals surface area contributed by atoms with Gasteiger partial charge in [-0.3, -0.25) is 19.3 Å². The highest BCUT2D eigenvalue weighted by molar-refractivity contribution is 6.22. The first-order valence-electron chi connectivity index (χ1n) is 7.47. The molecule has 0 fully saturated rings.